The summed E-state index contributed by atoms with van der Waals surface area (Å²) in [5.41, 5.74) is 1.26. The van der Waals surface area contributed by atoms with Crippen molar-refractivity contribution in [1.82, 2.24) is 5.32 Å². The molecule has 0 radical (unpaired) electrons. The lowest BCUT2D eigenvalue weighted by Crippen LogP contribution is -2.29. The summed E-state index contributed by atoms with van der Waals surface area (Å²) in [5, 5.41) is 12.3. The minimum Gasteiger partial charge on any atom is -0.396 e. The molecule has 3 heteroatoms. The van der Waals surface area contributed by atoms with Crippen LogP contribution in [0.15, 0.2) is 28.7 Å². The van der Waals surface area contributed by atoms with Crippen molar-refractivity contribution in [3.63, 3.8) is 0 Å². The molecule has 0 heterocycles. The van der Waals surface area contributed by atoms with Crippen molar-refractivity contribution >= 4 is 15.9 Å². The molecule has 0 bridgehead atoms. The van der Waals surface area contributed by atoms with E-state index in [1.54, 1.807) is 0 Å². The van der Waals surface area contributed by atoms with Crippen molar-refractivity contribution < 1.29 is 5.11 Å². The van der Waals surface area contributed by atoms with Gasteiger partial charge in [-0.1, -0.05) is 28.1 Å². The van der Waals surface area contributed by atoms with E-state index in [0.29, 0.717) is 12.1 Å². The molecule has 0 spiro atoms. The number of aliphatic hydroxyl groups excluding tert-OH is 1. The smallest absolute Gasteiger partial charge is 0.0445 e. The molecule has 0 aromatic heterocycles. The van der Waals surface area contributed by atoms with Gasteiger partial charge in [-0.05, 0) is 38.0 Å². The molecule has 2 nitrogen and oxygen atoms in total. The van der Waals surface area contributed by atoms with Gasteiger partial charge in [0.05, 0.1) is 0 Å². The van der Waals surface area contributed by atoms with Gasteiger partial charge in [-0.2, -0.15) is 0 Å². The van der Waals surface area contributed by atoms with Gasteiger partial charge in [0.25, 0.3) is 0 Å². The molecule has 0 saturated carbocycles. The van der Waals surface area contributed by atoms with Crippen molar-refractivity contribution in [1.29, 1.82) is 0 Å². The first-order chi connectivity index (χ1) is 7.13. The predicted molar refractivity (Wildman–Crippen MR) is 66.9 cm³/mol. The fourth-order valence-electron chi connectivity index (χ4n) is 1.58. The van der Waals surface area contributed by atoms with E-state index in [9.17, 15) is 0 Å². The summed E-state index contributed by atoms with van der Waals surface area (Å²) in [6.07, 6.45) is 0.790. The molecule has 0 saturated heterocycles. The molecule has 1 aromatic carbocycles. The number of hydrogen-bond acceptors (Lipinski definition) is 2. The number of rotatable bonds is 5. The average Bonchev–Trinajstić information content (AvgIpc) is 2.18. The second-order valence-corrected chi connectivity index (χ2v) is 4.77. The Morgan fingerprint density at radius 1 is 1.40 bits per heavy atom. The Bertz CT molecular complexity index is 303. The highest BCUT2D eigenvalue weighted by molar-refractivity contribution is 9.10. The van der Waals surface area contributed by atoms with E-state index in [2.05, 4.69) is 47.2 Å². The molecule has 2 atom stereocenters. The molecular formula is C12H18BrNO. The molecule has 0 fully saturated rings. The monoisotopic (exact) mass is 271 g/mol. The Hall–Kier alpha value is -0.380. The second kappa shape index (κ2) is 6.26. The van der Waals surface area contributed by atoms with Crippen LogP contribution >= 0.6 is 15.9 Å². The zero-order chi connectivity index (χ0) is 11.3. The van der Waals surface area contributed by atoms with Gasteiger partial charge in [0.2, 0.25) is 0 Å². The van der Waals surface area contributed by atoms with Crippen LogP contribution in [-0.4, -0.2) is 17.8 Å². The summed E-state index contributed by atoms with van der Waals surface area (Å²) in [6, 6.07) is 8.92. The summed E-state index contributed by atoms with van der Waals surface area (Å²) < 4.78 is 1.10. The van der Waals surface area contributed by atoms with E-state index in [-0.39, 0.29) is 6.61 Å². The zero-order valence-electron chi connectivity index (χ0n) is 9.20. The third-order valence-electron chi connectivity index (χ3n) is 2.45. The molecule has 15 heavy (non-hydrogen) atoms. The topological polar surface area (TPSA) is 32.3 Å². The maximum absolute atomic E-state index is 8.82. The van der Waals surface area contributed by atoms with Crippen molar-refractivity contribution in [2.75, 3.05) is 6.61 Å². The fraction of sp³-hybridized carbons (Fsp3) is 0.500. The fourth-order valence-corrected chi connectivity index (χ4v) is 1.99. The summed E-state index contributed by atoms with van der Waals surface area (Å²) in [7, 11) is 0. The van der Waals surface area contributed by atoms with Crippen LogP contribution in [0.2, 0.25) is 0 Å². The third kappa shape index (κ3) is 4.33. The summed E-state index contributed by atoms with van der Waals surface area (Å²) in [4.78, 5) is 0. The lowest BCUT2D eigenvalue weighted by atomic mass is 10.1. The molecule has 1 aromatic rings. The van der Waals surface area contributed by atoms with Gasteiger partial charge < -0.3 is 10.4 Å². The molecule has 84 valence electrons. The van der Waals surface area contributed by atoms with Crippen LogP contribution in [0.1, 0.15) is 31.9 Å². The quantitative estimate of drug-likeness (QED) is 0.863. The molecule has 1 unspecified atom stereocenters. The second-order valence-electron chi connectivity index (χ2n) is 3.86. The highest BCUT2D eigenvalue weighted by Gasteiger charge is 2.08. The van der Waals surface area contributed by atoms with Crippen LogP contribution in [0, 0.1) is 0 Å². The Morgan fingerprint density at radius 2 is 2.13 bits per heavy atom. The molecule has 0 aliphatic rings. The van der Waals surface area contributed by atoms with Gasteiger partial charge in [0, 0.05) is 23.2 Å². The average molecular weight is 272 g/mol. The van der Waals surface area contributed by atoms with Crippen molar-refractivity contribution in [2.45, 2.75) is 32.4 Å². The van der Waals surface area contributed by atoms with Gasteiger partial charge in [-0.25, -0.2) is 0 Å². The Morgan fingerprint density at radius 3 is 2.73 bits per heavy atom. The van der Waals surface area contributed by atoms with E-state index >= 15 is 0 Å². The zero-order valence-corrected chi connectivity index (χ0v) is 10.8. The number of benzene rings is 1. The molecule has 1 rings (SSSR count). The summed E-state index contributed by atoms with van der Waals surface area (Å²) in [6.45, 7) is 4.46. The maximum Gasteiger partial charge on any atom is 0.0445 e. The van der Waals surface area contributed by atoms with E-state index in [1.807, 2.05) is 12.1 Å². The number of aliphatic hydroxyl groups is 1. The number of hydrogen-bond donors (Lipinski definition) is 2. The van der Waals surface area contributed by atoms with Crippen LogP contribution < -0.4 is 5.32 Å². The molecule has 0 aliphatic carbocycles. The van der Waals surface area contributed by atoms with E-state index in [1.165, 1.54) is 5.56 Å². The molecular weight excluding hydrogens is 254 g/mol. The van der Waals surface area contributed by atoms with Crippen LogP contribution in [0.25, 0.3) is 0 Å². The highest BCUT2D eigenvalue weighted by atomic mass is 79.9. The van der Waals surface area contributed by atoms with Crippen molar-refractivity contribution in [2.24, 2.45) is 0 Å². The number of nitrogens with one attached hydrogen (secondary N) is 1. The SMILES string of the molecule is CC(N[C@H](C)CCO)c1cccc(Br)c1. The maximum atomic E-state index is 8.82. The highest BCUT2D eigenvalue weighted by Crippen LogP contribution is 2.18. The van der Waals surface area contributed by atoms with Crippen LogP contribution in [-0.2, 0) is 0 Å². The van der Waals surface area contributed by atoms with Crippen LogP contribution in [0.5, 0.6) is 0 Å². The normalized spacial score (nSPS) is 14.9. The van der Waals surface area contributed by atoms with Gasteiger partial charge in [-0.3, -0.25) is 0 Å². The molecule has 0 amide bonds. The van der Waals surface area contributed by atoms with E-state index in [0.717, 1.165) is 10.9 Å². The lowest BCUT2D eigenvalue weighted by Gasteiger charge is -2.19. The minimum absolute atomic E-state index is 0.235. The van der Waals surface area contributed by atoms with Crippen molar-refractivity contribution in [3.8, 4) is 0 Å². The third-order valence-corrected chi connectivity index (χ3v) is 2.94. The Balaban J connectivity index is 2.56. The van der Waals surface area contributed by atoms with Crippen molar-refractivity contribution in [3.05, 3.63) is 34.3 Å². The summed E-state index contributed by atoms with van der Waals surface area (Å²) >= 11 is 3.46. The summed E-state index contributed by atoms with van der Waals surface area (Å²) in [5.74, 6) is 0. The first kappa shape index (κ1) is 12.7. The predicted octanol–water partition coefficient (Wildman–Crippen LogP) is 2.87. The largest absolute Gasteiger partial charge is 0.396 e. The number of halogens is 1. The lowest BCUT2D eigenvalue weighted by molar-refractivity contribution is 0.264. The van der Waals surface area contributed by atoms with Gasteiger partial charge in [0.15, 0.2) is 0 Å². The van der Waals surface area contributed by atoms with E-state index < -0.39 is 0 Å². The van der Waals surface area contributed by atoms with Gasteiger partial charge in [0.1, 0.15) is 0 Å². The minimum atomic E-state index is 0.235. The standard InChI is InChI=1S/C12H18BrNO/c1-9(6-7-15)14-10(2)11-4-3-5-12(13)8-11/h3-5,8-10,14-15H,6-7H2,1-2H3/t9-,10?/m1/s1. The Labute approximate surface area is 99.8 Å². The molecule has 2 N–H and O–H groups in total. The van der Waals surface area contributed by atoms with Crippen LogP contribution in [0.3, 0.4) is 0 Å². The van der Waals surface area contributed by atoms with Gasteiger partial charge in [-0.15, -0.1) is 0 Å². The first-order valence-corrected chi connectivity index (χ1v) is 6.05. The van der Waals surface area contributed by atoms with Gasteiger partial charge >= 0.3 is 0 Å². The Kier molecular flexibility index (Phi) is 5.29. The van der Waals surface area contributed by atoms with E-state index in [4.69, 9.17) is 5.11 Å². The van der Waals surface area contributed by atoms with Crippen LogP contribution in [0.4, 0.5) is 0 Å². The first-order valence-electron chi connectivity index (χ1n) is 5.26. The molecule has 0 aliphatic heterocycles.